The van der Waals surface area contributed by atoms with E-state index in [4.69, 9.17) is 14.2 Å². The molecular weight excluding hydrogens is 232 g/mol. The topological polar surface area (TPSA) is 47.9 Å². The van der Waals surface area contributed by atoms with Crippen LogP contribution in [0.25, 0.3) is 0 Å². The van der Waals surface area contributed by atoms with Gasteiger partial charge in [-0.15, -0.1) is 0 Å². The Labute approximate surface area is 108 Å². The highest BCUT2D eigenvalue weighted by Gasteiger charge is 2.16. The maximum absolute atomic E-state index is 10.1. The van der Waals surface area contributed by atoms with Crippen LogP contribution in [0, 0.1) is 0 Å². The van der Waals surface area contributed by atoms with Crippen LogP contribution in [0.1, 0.15) is 31.9 Å². The van der Waals surface area contributed by atoms with E-state index in [1.54, 1.807) is 26.4 Å². The summed E-state index contributed by atoms with van der Waals surface area (Å²) in [7, 11) is 3.18. The maximum Gasteiger partial charge on any atom is 0.126 e. The second-order valence-corrected chi connectivity index (χ2v) is 5.17. The summed E-state index contributed by atoms with van der Waals surface area (Å²) in [5.74, 6) is 0.916. The minimum atomic E-state index is -0.286. The second-order valence-electron chi connectivity index (χ2n) is 5.17. The molecule has 0 aliphatic carbocycles. The van der Waals surface area contributed by atoms with Crippen LogP contribution in [0.15, 0.2) is 12.1 Å². The summed E-state index contributed by atoms with van der Waals surface area (Å²) in [5.41, 5.74) is 1.11. The fourth-order valence-corrected chi connectivity index (χ4v) is 1.67. The predicted octanol–water partition coefficient (Wildman–Crippen LogP) is 2.86. The average Bonchev–Trinajstić information content (AvgIpc) is 2.23. The first kappa shape index (κ1) is 14.8. The third-order valence-electron chi connectivity index (χ3n) is 2.27. The molecule has 0 saturated carbocycles. The number of benzene rings is 1. The number of aromatic hydroxyl groups is 1. The molecule has 0 heterocycles. The van der Waals surface area contributed by atoms with Crippen molar-refractivity contribution in [2.45, 2.75) is 39.6 Å². The predicted molar refractivity (Wildman–Crippen MR) is 69.9 cm³/mol. The summed E-state index contributed by atoms with van der Waals surface area (Å²) >= 11 is 0. The molecule has 0 spiro atoms. The van der Waals surface area contributed by atoms with Crippen LogP contribution in [0.3, 0.4) is 0 Å². The summed E-state index contributed by atoms with van der Waals surface area (Å²) in [6.07, 6.45) is 0. The zero-order valence-electron chi connectivity index (χ0n) is 11.7. The Balaban J connectivity index is 3.11. The van der Waals surface area contributed by atoms with Gasteiger partial charge in [0.25, 0.3) is 0 Å². The van der Waals surface area contributed by atoms with Gasteiger partial charge < -0.3 is 19.3 Å². The highest BCUT2D eigenvalue weighted by Crippen LogP contribution is 2.31. The molecule has 0 aliphatic rings. The van der Waals surface area contributed by atoms with Crippen molar-refractivity contribution >= 4 is 0 Å². The Morgan fingerprint density at radius 1 is 1.00 bits per heavy atom. The van der Waals surface area contributed by atoms with E-state index >= 15 is 0 Å². The lowest BCUT2D eigenvalue weighted by molar-refractivity contribution is 0.128. The van der Waals surface area contributed by atoms with Crippen molar-refractivity contribution in [3.05, 3.63) is 23.3 Å². The fraction of sp³-hybridized carbons (Fsp3) is 0.571. The molecule has 0 fully saturated rings. The molecule has 1 rings (SSSR count). The van der Waals surface area contributed by atoms with E-state index in [0.717, 1.165) is 0 Å². The molecular formula is C14H22O4. The highest BCUT2D eigenvalue weighted by molar-refractivity contribution is 5.46. The zero-order valence-corrected chi connectivity index (χ0v) is 11.7. The van der Waals surface area contributed by atoms with Crippen LogP contribution in [0.5, 0.6) is 11.5 Å². The standard InChI is InChI=1S/C14H22O4/c1-14(2,3)18-12-6-10(8-16-4)13(15)11(7-12)9-17-5/h6-7,15H,8-9H2,1-5H3. The zero-order chi connectivity index (χ0) is 13.8. The Morgan fingerprint density at radius 3 is 1.78 bits per heavy atom. The Bertz CT molecular complexity index is 366. The second kappa shape index (κ2) is 6.07. The average molecular weight is 254 g/mol. The normalized spacial score (nSPS) is 11.6. The number of phenols is 1. The van der Waals surface area contributed by atoms with E-state index in [1.165, 1.54) is 0 Å². The van der Waals surface area contributed by atoms with Crippen molar-refractivity contribution in [1.29, 1.82) is 0 Å². The van der Waals surface area contributed by atoms with Gasteiger partial charge in [0.2, 0.25) is 0 Å². The van der Waals surface area contributed by atoms with Gasteiger partial charge in [-0.2, -0.15) is 0 Å². The summed E-state index contributed by atoms with van der Waals surface area (Å²) in [5, 5.41) is 10.1. The van der Waals surface area contributed by atoms with Crippen molar-refractivity contribution in [3.8, 4) is 11.5 Å². The van der Waals surface area contributed by atoms with Gasteiger partial charge in [0.15, 0.2) is 0 Å². The first-order chi connectivity index (χ1) is 8.37. The van der Waals surface area contributed by atoms with Crippen LogP contribution in [0.2, 0.25) is 0 Å². The maximum atomic E-state index is 10.1. The Morgan fingerprint density at radius 2 is 1.44 bits per heavy atom. The number of methoxy groups -OCH3 is 2. The molecule has 18 heavy (non-hydrogen) atoms. The van der Waals surface area contributed by atoms with Crippen LogP contribution in [0.4, 0.5) is 0 Å². The lowest BCUT2D eigenvalue weighted by atomic mass is 10.1. The number of hydrogen-bond acceptors (Lipinski definition) is 4. The lowest BCUT2D eigenvalue weighted by Gasteiger charge is -2.22. The minimum absolute atomic E-state index is 0.208. The number of ether oxygens (including phenoxy) is 3. The van der Waals surface area contributed by atoms with Gasteiger partial charge in [0, 0.05) is 25.3 Å². The fourth-order valence-electron chi connectivity index (χ4n) is 1.67. The minimum Gasteiger partial charge on any atom is -0.507 e. The molecule has 1 aromatic carbocycles. The Kier molecular flexibility index (Phi) is 4.99. The van der Waals surface area contributed by atoms with E-state index in [2.05, 4.69) is 0 Å². The van der Waals surface area contributed by atoms with E-state index < -0.39 is 0 Å². The van der Waals surface area contributed by atoms with Crippen LogP contribution >= 0.6 is 0 Å². The summed E-state index contributed by atoms with van der Waals surface area (Å²) in [6.45, 7) is 6.61. The van der Waals surface area contributed by atoms with Crippen molar-refractivity contribution in [2.75, 3.05) is 14.2 Å². The number of rotatable bonds is 5. The molecule has 4 nitrogen and oxygen atoms in total. The largest absolute Gasteiger partial charge is 0.507 e. The molecule has 0 unspecified atom stereocenters. The lowest BCUT2D eigenvalue weighted by Crippen LogP contribution is -2.23. The van der Waals surface area contributed by atoms with Gasteiger partial charge in [0.05, 0.1) is 13.2 Å². The van der Waals surface area contributed by atoms with E-state index in [1.807, 2.05) is 20.8 Å². The first-order valence-electron chi connectivity index (χ1n) is 5.89. The van der Waals surface area contributed by atoms with Gasteiger partial charge in [-0.3, -0.25) is 0 Å². The Hall–Kier alpha value is -1.26. The van der Waals surface area contributed by atoms with Gasteiger partial charge in [-0.25, -0.2) is 0 Å². The molecule has 0 bridgehead atoms. The molecule has 1 N–H and O–H groups in total. The van der Waals surface area contributed by atoms with Crippen LogP contribution < -0.4 is 4.74 Å². The van der Waals surface area contributed by atoms with Gasteiger partial charge >= 0.3 is 0 Å². The van der Waals surface area contributed by atoms with Crippen LogP contribution in [-0.2, 0) is 22.7 Å². The molecule has 4 heteroatoms. The number of hydrogen-bond donors (Lipinski definition) is 1. The van der Waals surface area contributed by atoms with Crippen LogP contribution in [-0.4, -0.2) is 24.9 Å². The smallest absolute Gasteiger partial charge is 0.126 e. The molecule has 0 saturated heterocycles. The number of phenolic OH excluding ortho intramolecular Hbond substituents is 1. The molecule has 0 radical (unpaired) electrons. The van der Waals surface area contributed by atoms with Crippen molar-refractivity contribution in [1.82, 2.24) is 0 Å². The first-order valence-corrected chi connectivity index (χ1v) is 5.89. The van der Waals surface area contributed by atoms with Crippen molar-refractivity contribution in [3.63, 3.8) is 0 Å². The summed E-state index contributed by atoms with van der Waals surface area (Å²) < 4.78 is 15.9. The van der Waals surface area contributed by atoms with Crippen molar-refractivity contribution in [2.24, 2.45) is 0 Å². The summed E-state index contributed by atoms with van der Waals surface area (Å²) in [4.78, 5) is 0. The third kappa shape index (κ3) is 4.20. The van der Waals surface area contributed by atoms with E-state index in [9.17, 15) is 5.11 Å². The highest BCUT2D eigenvalue weighted by atomic mass is 16.5. The van der Waals surface area contributed by atoms with Crippen molar-refractivity contribution < 1.29 is 19.3 Å². The molecule has 0 aliphatic heterocycles. The molecule has 102 valence electrons. The van der Waals surface area contributed by atoms with E-state index in [0.29, 0.717) is 30.1 Å². The van der Waals surface area contributed by atoms with Gasteiger partial charge in [-0.1, -0.05) is 0 Å². The quantitative estimate of drug-likeness (QED) is 0.877. The summed E-state index contributed by atoms with van der Waals surface area (Å²) in [6, 6.07) is 3.59. The van der Waals surface area contributed by atoms with Gasteiger partial charge in [-0.05, 0) is 32.9 Å². The van der Waals surface area contributed by atoms with E-state index in [-0.39, 0.29) is 11.4 Å². The van der Waals surface area contributed by atoms with Gasteiger partial charge in [0.1, 0.15) is 17.1 Å². The molecule has 0 atom stereocenters. The molecule has 1 aromatic rings. The monoisotopic (exact) mass is 254 g/mol. The third-order valence-corrected chi connectivity index (χ3v) is 2.27. The molecule has 0 aromatic heterocycles. The molecule has 0 amide bonds. The SMILES string of the molecule is COCc1cc(OC(C)(C)C)cc(COC)c1O.